The lowest BCUT2D eigenvalue weighted by Gasteiger charge is -2.59. The predicted octanol–water partition coefficient (Wildman–Crippen LogP) is 6.67. The van der Waals surface area contributed by atoms with Gasteiger partial charge in [0.05, 0.1) is 18.3 Å². The molecular weight excluding hydrogens is 859 g/mol. The molecule has 334 valence electrons. The summed E-state index contributed by atoms with van der Waals surface area (Å²) in [6.45, 7) is 14.4. The van der Waals surface area contributed by atoms with E-state index >= 15 is 9.59 Å². The SMILES string of the molecule is CNC12C=C3C(=O)c4c(OP(=O)(O)OP(=O)(O)OP(=O)(O)O)c5c(c(CC=C(C)C)c4OC34C(C1)C(C)(C)OC4(CC=C(C)C(=O)OC)C2=O)OC(C)(CCC=C(C)C)C=C5. The molecule has 1 aromatic carbocycles. The van der Waals surface area contributed by atoms with E-state index < -0.39 is 86.2 Å². The number of carbonyl (C=O) groups excluding carboxylic acids is 3. The van der Waals surface area contributed by atoms with Crippen molar-refractivity contribution >= 4 is 47.1 Å². The third kappa shape index (κ3) is 8.15. The largest absolute Gasteiger partial charge is 0.536 e. The highest BCUT2D eigenvalue weighted by Crippen LogP contribution is 2.71. The van der Waals surface area contributed by atoms with Crippen LogP contribution in [-0.4, -0.2) is 79.2 Å². The summed E-state index contributed by atoms with van der Waals surface area (Å²) in [6, 6.07) is 0. The fourth-order valence-electron chi connectivity index (χ4n) is 9.13. The molecule has 21 heteroatoms. The van der Waals surface area contributed by atoms with Crippen molar-refractivity contribution in [2.24, 2.45) is 5.92 Å². The number of hydrogen-bond donors (Lipinski definition) is 5. The Kier molecular flexibility index (Phi) is 12.0. The minimum absolute atomic E-state index is 0.0363. The molecule has 4 bridgehead atoms. The van der Waals surface area contributed by atoms with Gasteiger partial charge < -0.3 is 43.5 Å². The predicted molar refractivity (Wildman–Crippen MR) is 220 cm³/mol. The van der Waals surface area contributed by atoms with Crippen molar-refractivity contribution in [2.75, 3.05) is 14.2 Å². The Bertz CT molecular complexity index is 2400. The Labute approximate surface area is 353 Å². The van der Waals surface area contributed by atoms with Gasteiger partial charge >= 0.3 is 29.4 Å². The maximum atomic E-state index is 15.6. The highest BCUT2D eigenvalue weighted by atomic mass is 31.3. The number of phosphoric acid groups is 3. The molecule has 1 spiro atoms. The molecule has 0 amide bonds. The van der Waals surface area contributed by atoms with Crippen molar-refractivity contribution in [3.05, 3.63) is 69.4 Å². The van der Waals surface area contributed by atoms with Crippen molar-refractivity contribution in [2.45, 2.75) is 115 Å². The van der Waals surface area contributed by atoms with Gasteiger partial charge in [-0.05, 0) is 106 Å². The lowest BCUT2D eigenvalue weighted by molar-refractivity contribution is -0.174. The number of rotatable bonds is 15. The van der Waals surface area contributed by atoms with Crippen molar-refractivity contribution in [3.8, 4) is 17.2 Å². The number of esters is 1. The molecule has 3 aliphatic carbocycles. The van der Waals surface area contributed by atoms with Crippen LogP contribution in [-0.2, 0) is 47.8 Å². The molecule has 7 rings (SSSR count). The van der Waals surface area contributed by atoms with Gasteiger partial charge in [0.25, 0.3) is 0 Å². The van der Waals surface area contributed by atoms with Crippen LogP contribution in [0.15, 0.2) is 52.7 Å². The quantitative estimate of drug-likeness (QED) is 0.0532. The normalized spacial score (nSPS) is 30.0. The summed E-state index contributed by atoms with van der Waals surface area (Å²) in [5.74, 6) is -3.58. The fourth-order valence-corrected chi connectivity index (χ4v) is 12.2. The highest BCUT2D eigenvalue weighted by molar-refractivity contribution is 7.66. The number of methoxy groups -OCH3 is 1. The van der Waals surface area contributed by atoms with E-state index in [2.05, 4.69) is 13.9 Å². The van der Waals surface area contributed by atoms with Crippen LogP contribution in [0, 0.1) is 5.92 Å². The molecule has 6 aliphatic rings. The van der Waals surface area contributed by atoms with Gasteiger partial charge in [-0.25, -0.2) is 18.5 Å². The number of phosphoric ester groups is 1. The molecule has 2 fully saturated rings. The standard InChI is InChI=1S/C40H52NO17P3/c1-22(2)12-11-17-37(8)18-16-26-31(53-37)25(14-13-23(3)4)32-29(33(26)55-60(48,49)58-61(50,51)57-59(45,46)47)30(42)27-20-38(41-9)21-28-36(6,7)56-39(35(38)44,40(27,28)54-32)19-15-24(5)34(43)52-10/h12-13,15-16,18,20,28,41H,11,14,17,19,21H2,1-10H3,(H,48,49)(H,50,51)(H2,45,46,47). The second-order valence-corrected chi connectivity index (χ2v) is 21.5. The van der Waals surface area contributed by atoms with Gasteiger partial charge in [-0.1, -0.05) is 29.4 Å². The number of ketones is 2. The molecule has 1 saturated heterocycles. The molecule has 7 unspecified atom stereocenters. The monoisotopic (exact) mass is 911 g/mol. The zero-order chi connectivity index (χ0) is 45.5. The smallest absolute Gasteiger partial charge is 0.482 e. The Morgan fingerprint density at radius 2 is 1.59 bits per heavy atom. The fraction of sp³-hybridized carbons (Fsp3) is 0.525. The topological polar surface area (TPSA) is 260 Å². The first-order valence-electron chi connectivity index (χ1n) is 19.4. The average molecular weight is 912 g/mol. The number of carbonyl (C=O) groups is 3. The molecule has 3 heterocycles. The number of hydrogen-bond acceptors (Lipinski definition) is 14. The number of Topliss-reactive ketones (excluding diaryl/α,β-unsaturated/α-hetero) is 2. The van der Waals surface area contributed by atoms with Crippen LogP contribution in [0.2, 0.25) is 0 Å². The molecule has 3 aliphatic heterocycles. The van der Waals surface area contributed by atoms with Crippen molar-refractivity contribution < 1.29 is 79.7 Å². The first-order valence-corrected chi connectivity index (χ1v) is 23.9. The molecule has 1 aromatic rings. The number of likely N-dealkylation sites (N-methyl/N-ethyl adjacent to an activating group) is 1. The molecular formula is C40H52NO17P3. The Hall–Kier alpha value is -3.50. The second-order valence-electron chi connectivity index (χ2n) is 17.1. The van der Waals surface area contributed by atoms with Crippen molar-refractivity contribution in [3.63, 3.8) is 0 Å². The van der Waals surface area contributed by atoms with Gasteiger partial charge in [0.1, 0.15) is 28.2 Å². The summed E-state index contributed by atoms with van der Waals surface area (Å²) < 4.78 is 77.2. The Balaban J connectivity index is 1.68. The summed E-state index contributed by atoms with van der Waals surface area (Å²) >= 11 is 0. The van der Waals surface area contributed by atoms with E-state index in [1.165, 1.54) is 32.3 Å². The first-order chi connectivity index (χ1) is 28.0. The Morgan fingerprint density at radius 3 is 2.18 bits per heavy atom. The summed E-state index contributed by atoms with van der Waals surface area (Å²) in [5.41, 5.74) is -5.76. The van der Waals surface area contributed by atoms with Crippen molar-refractivity contribution in [1.29, 1.82) is 0 Å². The van der Waals surface area contributed by atoms with E-state index in [-0.39, 0.29) is 53.0 Å². The highest BCUT2D eigenvalue weighted by Gasteiger charge is 2.84. The zero-order valence-electron chi connectivity index (χ0n) is 35.5. The van der Waals surface area contributed by atoms with Gasteiger partial charge in [0.2, 0.25) is 0 Å². The van der Waals surface area contributed by atoms with E-state index in [1.807, 2.05) is 46.8 Å². The summed E-state index contributed by atoms with van der Waals surface area (Å²) in [5, 5.41) is 3.10. The summed E-state index contributed by atoms with van der Waals surface area (Å²) in [6.07, 6.45) is 10.9. The van der Waals surface area contributed by atoms with Gasteiger partial charge in [-0.3, -0.25) is 14.5 Å². The van der Waals surface area contributed by atoms with Crippen LogP contribution in [0.4, 0.5) is 0 Å². The number of benzene rings is 1. The van der Waals surface area contributed by atoms with E-state index in [0.717, 1.165) is 11.1 Å². The number of ether oxygens (including phenoxy) is 4. The van der Waals surface area contributed by atoms with Crippen LogP contribution < -0.4 is 19.3 Å². The van der Waals surface area contributed by atoms with Crippen LogP contribution >= 0.6 is 23.5 Å². The van der Waals surface area contributed by atoms with Crippen LogP contribution in [0.5, 0.6) is 17.2 Å². The third-order valence-corrected chi connectivity index (χ3v) is 15.5. The molecule has 61 heavy (non-hydrogen) atoms. The number of allylic oxidation sites excluding steroid dienone is 4. The third-order valence-electron chi connectivity index (χ3n) is 11.8. The number of nitrogens with one attached hydrogen (secondary N) is 1. The summed E-state index contributed by atoms with van der Waals surface area (Å²) in [4.78, 5) is 82.9. The van der Waals surface area contributed by atoms with Gasteiger partial charge in [0, 0.05) is 29.0 Å². The van der Waals surface area contributed by atoms with Crippen LogP contribution in [0.3, 0.4) is 0 Å². The number of fused-ring (bicyclic) bond motifs is 2. The van der Waals surface area contributed by atoms with E-state index in [1.54, 1.807) is 27.0 Å². The Morgan fingerprint density at radius 1 is 0.934 bits per heavy atom. The van der Waals surface area contributed by atoms with E-state index in [4.69, 9.17) is 23.5 Å². The average Bonchev–Trinajstić information content (AvgIpc) is 3.28. The molecule has 7 atom stereocenters. The first kappa shape index (κ1) is 47.0. The lowest BCUT2D eigenvalue weighted by Crippen LogP contribution is -2.79. The maximum Gasteiger partial charge on any atom is 0.536 e. The van der Waals surface area contributed by atoms with Gasteiger partial charge in [0.15, 0.2) is 28.5 Å². The van der Waals surface area contributed by atoms with Gasteiger partial charge in [-0.15, -0.1) is 0 Å². The van der Waals surface area contributed by atoms with E-state index in [0.29, 0.717) is 12.8 Å². The van der Waals surface area contributed by atoms with Crippen LogP contribution in [0.1, 0.15) is 103 Å². The second kappa shape index (κ2) is 15.6. The molecule has 0 radical (unpaired) electrons. The molecule has 5 N–H and O–H groups in total. The van der Waals surface area contributed by atoms with Gasteiger partial charge in [-0.2, -0.15) is 8.62 Å². The zero-order valence-corrected chi connectivity index (χ0v) is 38.2. The molecule has 1 saturated carbocycles. The minimum atomic E-state index is -6.02. The minimum Gasteiger partial charge on any atom is -0.482 e. The van der Waals surface area contributed by atoms with Crippen molar-refractivity contribution in [1.82, 2.24) is 5.32 Å². The van der Waals surface area contributed by atoms with Crippen LogP contribution in [0.25, 0.3) is 6.08 Å². The molecule has 18 nitrogen and oxygen atoms in total. The summed E-state index contributed by atoms with van der Waals surface area (Å²) in [7, 11) is -15.0. The lowest BCUT2D eigenvalue weighted by atomic mass is 9.48. The van der Waals surface area contributed by atoms with E-state index in [9.17, 15) is 38.1 Å². The maximum absolute atomic E-state index is 15.6. The molecule has 0 aromatic heterocycles.